The van der Waals surface area contributed by atoms with Crippen molar-refractivity contribution in [2.45, 2.75) is 19.6 Å². The largest absolute Gasteiger partial charge is 0.378 e. The number of aromatic amines is 2. The van der Waals surface area contributed by atoms with Crippen LogP contribution in [-0.4, -0.2) is 297 Å². The van der Waals surface area contributed by atoms with Crippen LogP contribution >= 0.6 is 94.1 Å². The van der Waals surface area contributed by atoms with Crippen LogP contribution in [0.1, 0.15) is 23.3 Å². The molecule has 0 unspecified atom stereocenters. The van der Waals surface area contributed by atoms with Crippen molar-refractivity contribution < 1.29 is 75.8 Å². The molecular formula is C56H82N8O16S8. The maximum atomic E-state index is 6.14. The van der Waals surface area contributed by atoms with Crippen molar-refractivity contribution in [3.63, 3.8) is 0 Å². The SMILES string of the molecule is C1COCCOCCSC2=C(SCCOCCO1)c1nc3nc(nc4[nH]c(nc5[nH]c(nc2n1)c1c5SCCOCCOCCOCCOCCS1)c1c4SCCOCCOCCOCCOCCS1)C1=C3SCCOCCOCCOCCOCCS1. The van der Waals surface area contributed by atoms with Crippen LogP contribution in [0.4, 0.5) is 0 Å². The molecule has 9 heterocycles. The zero-order chi connectivity index (χ0) is 60.1. The molecule has 6 aliphatic heterocycles. The van der Waals surface area contributed by atoms with E-state index in [1.807, 2.05) is 0 Å². The third kappa shape index (κ3) is 24.7. The molecule has 2 N–H and O–H groups in total. The van der Waals surface area contributed by atoms with Gasteiger partial charge in [0.25, 0.3) is 0 Å². The molecule has 0 aromatic carbocycles. The van der Waals surface area contributed by atoms with Gasteiger partial charge in [0.2, 0.25) is 0 Å². The van der Waals surface area contributed by atoms with Crippen LogP contribution < -0.4 is 0 Å². The van der Waals surface area contributed by atoms with Gasteiger partial charge >= 0.3 is 0 Å². The number of fused-ring (bicyclic) bond motifs is 18. The van der Waals surface area contributed by atoms with Crippen LogP contribution in [0.25, 0.3) is 42.2 Å². The number of nitrogens with zero attached hydrogens (tertiary/aromatic N) is 6. The summed E-state index contributed by atoms with van der Waals surface area (Å²) < 4.78 is 95.4. The summed E-state index contributed by atoms with van der Waals surface area (Å²) in [5.74, 6) is 6.85. The predicted octanol–water partition coefficient (Wildman–Crippen LogP) is 7.17. The van der Waals surface area contributed by atoms with Crippen molar-refractivity contribution in [1.29, 1.82) is 0 Å². The number of aromatic nitrogens is 8. The topological polar surface area (TPSA) is 257 Å². The fraction of sp³-hybridized carbons (Fsp3) is 0.714. The first-order valence-electron chi connectivity index (χ1n) is 29.9. The van der Waals surface area contributed by atoms with Crippen molar-refractivity contribution in [2.24, 2.45) is 0 Å². The molecule has 0 saturated carbocycles. The van der Waals surface area contributed by atoms with E-state index in [1.165, 1.54) is 0 Å². The minimum Gasteiger partial charge on any atom is -0.378 e. The summed E-state index contributed by atoms with van der Waals surface area (Å²) in [4.78, 5) is 47.6. The van der Waals surface area contributed by atoms with Crippen LogP contribution in [-0.2, 0) is 75.8 Å². The number of hydrogen-bond donors (Lipinski definition) is 2. The number of rotatable bonds is 0. The minimum atomic E-state index is 0.444. The molecule has 0 saturated heterocycles. The molecule has 24 nitrogen and oxygen atoms in total. The molecule has 3 aromatic rings. The lowest BCUT2D eigenvalue weighted by atomic mass is 10.4. The van der Waals surface area contributed by atoms with Gasteiger partial charge in [-0.2, -0.15) is 0 Å². The molecule has 88 heavy (non-hydrogen) atoms. The standard InChI is InChI=1S/C56H82N8O16S8/c1-2-66-10-18-74-26-34-82-42-41(81-33-25-73-17-9-65-1)49-57-50(42)62-52-45-46(86-38-30-78-22-14-70-6-5-69-13-21-77-29-37-85-45)54(59-52)64-56-48-47(87-39-31-79-23-15-71-7-8-72-16-24-80-32-40-88-48)55(60-56)63-53-44-43(51(58-53)61-49)83-35-27-75-19-11-67-3-4-68-12-20-76-28-36-84-44/h1-40H2,(H2,57,58,59,60,61,62,63,64). The Hall–Kier alpha value is -1.52. The van der Waals surface area contributed by atoms with E-state index in [4.69, 9.17) is 106 Å². The van der Waals surface area contributed by atoms with E-state index in [0.29, 0.717) is 303 Å². The van der Waals surface area contributed by atoms with Crippen LogP contribution in [0.2, 0.25) is 0 Å². The third-order valence-electron chi connectivity index (χ3n) is 12.5. The normalized spacial score (nSPS) is 22.3. The van der Waals surface area contributed by atoms with E-state index in [2.05, 4.69) is 9.97 Å². The van der Waals surface area contributed by atoms with Gasteiger partial charge in [0.05, 0.1) is 251 Å². The maximum Gasteiger partial charge on any atom is 0.171 e. The predicted molar refractivity (Wildman–Crippen MR) is 352 cm³/mol. The van der Waals surface area contributed by atoms with Crippen molar-refractivity contribution in [3.05, 3.63) is 23.3 Å². The quantitative estimate of drug-likeness (QED) is 0.226. The van der Waals surface area contributed by atoms with Crippen molar-refractivity contribution in [1.82, 2.24) is 39.9 Å². The zero-order valence-corrected chi connectivity index (χ0v) is 56.3. The fourth-order valence-electron chi connectivity index (χ4n) is 8.46. The van der Waals surface area contributed by atoms with E-state index < -0.39 is 0 Å². The maximum absolute atomic E-state index is 6.14. The summed E-state index contributed by atoms with van der Waals surface area (Å²) in [7, 11) is 0. The van der Waals surface area contributed by atoms with Crippen molar-refractivity contribution in [3.8, 4) is 0 Å². The first-order chi connectivity index (χ1) is 43.8. The summed E-state index contributed by atoms with van der Waals surface area (Å²) in [6.07, 6.45) is 0. The molecule has 490 valence electrons. The molecule has 32 heteroatoms. The molecular weight excluding hydrogens is 1300 g/mol. The molecule has 0 spiro atoms. The van der Waals surface area contributed by atoms with Gasteiger partial charge in [0.15, 0.2) is 23.3 Å². The second-order valence-corrected chi connectivity index (χ2v) is 27.7. The first-order valence-corrected chi connectivity index (χ1v) is 37.7. The lowest BCUT2D eigenvalue weighted by Gasteiger charge is -2.11. The van der Waals surface area contributed by atoms with E-state index in [-0.39, 0.29) is 0 Å². The molecule has 0 amide bonds. The van der Waals surface area contributed by atoms with Gasteiger partial charge in [-0.25, -0.2) is 29.9 Å². The summed E-state index contributed by atoms with van der Waals surface area (Å²) >= 11 is 13.2. The smallest absolute Gasteiger partial charge is 0.171 e. The highest BCUT2D eigenvalue weighted by atomic mass is 32.2. The van der Waals surface area contributed by atoms with E-state index >= 15 is 0 Å². The Balaban J connectivity index is 1.25. The van der Waals surface area contributed by atoms with Crippen molar-refractivity contribution in [2.75, 3.05) is 257 Å². The molecule has 9 rings (SSSR count). The molecule has 3 aromatic heterocycles. The summed E-state index contributed by atoms with van der Waals surface area (Å²) in [6.45, 7) is 14.9. The second-order valence-electron chi connectivity index (χ2n) is 18.8. The average Bonchev–Trinajstić information content (AvgIpc) is 1.97. The molecule has 0 atom stereocenters. The van der Waals surface area contributed by atoms with Crippen LogP contribution in [0.3, 0.4) is 0 Å². The van der Waals surface area contributed by atoms with Gasteiger partial charge in [-0.1, -0.05) is 0 Å². The Morgan fingerprint density at radius 2 is 0.341 bits per heavy atom. The first kappa shape index (κ1) is 70.8. The Bertz CT molecular complexity index is 2580. The molecule has 8 bridgehead atoms. The fourth-order valence-corrected chi connectivity index (χ4v) is 16.7. The van der Waals surface area contributed by atoms with E-state index in [0.717, 1.165) is 39.2 Å². The lowest BCUT2D eigenvalue weighted by Crippen LogP contribution is -2.13. The minimum absolute atomic E-state index is 0.444. The zero-order valence-electron chi connectivity index (χ0n) is 49.8. The monoisotopic (exact) mass is 1380 g/mol. The number of H-pyrrole nitrogens is 2. The van der Waals surface area contributed by atoms with Crippen LogP contribution in [0, 0.1) is 0 Å². The number of nitrogens with one attached hydrogen (secondary N) is 2. The van der Waals surface area contributed by atoms with Crippen LogP contribution in [0.15, 0.2) is 19.6 Å². The number of thioether (sulfide) groups is 8. The third-order valence-corrected chi connectivity index (χ3v) is 21.5. The summed E-state index contributed by atoms with van der Waals surface area (Å²) in [5.41, 5.74) is 2.42. The van der Waals surface area contributed by atoms with E-state index in [9.17, 15) is 0 Å². The Kier molecular flexibility index (Phi) is 35.0. The van der Waals surface area contributed by atoms with Gasteiger partial charge in [0, 0.05) is 46.0 Å². The number of ether oxygens (including phenoxy) is 16. The highest BCUT2D eigenvalue weighted by Gasteiger charge is 2.30. The number of hydrogen-bond acceptors (Lipinski definition) is 30. The van der Waals surface area contributed by atoms with Gasteiger partial charge in [-0.05, 0) is 0 Å². The van der Waals surface area contributed by atoms with Gasteiger partial charge in [-0.15, -0.1) is 94.1 Å². The van der Waals surface area contributed by atoms with E-state index in [1.54, 1.807) is 94.1 Å². The summed E-state index contributed by atoms with van der Waals surface area (Å²) in [5, 5.41) is 0. The Morgan fingerprint density at radius 1 is 0.182 bits per heavy atom. The van der Waals surface area contributed by atoms with Gasteiger partial charge < -0.3 is 85.8 Å². The summed E-state index contributed by atoms with van der Waals surface area (Å²) in [6, 6.07) is 0. The highest BCUT2D eigenvalue weighted by Crippen LogP contribution is 2.47. The van der Waals surface area contributed by atoms with Gasteiger partial charge in [0.1, 0.15) is 22.6 Å². The molecule has 0 radical (unpaired) electrons. The van der Waals surface area contributed by atoms with Crippen molar-refractivity contribution >= 4 is 136 Å². The lowest BCUT2D eigenvalue weighted by molar-refractivity contribution is 0.00145. The molecule has 0 aliphatic carbocycles. The van der Waals surface area contributed by atoms with Gasteiger partial charge in [-0.3, -0.25) is 0 Å². The molecule has 6 aliphatic rings. The Morgan fingerprint density at radius 3 is 0.545 bits per heavy atom. The molecule has 0 fully saturated rings. The average molecular weight is 1380 g/mol. The second kappa shape index (κ2) is 43.5. The van der Waals surface area contributed by atoms with Crippen LogP contribution in [0.5, 0.6) is 0 Å². The highest BCUT2D eigenvalue weighted by molar-refractivity contribution is 8.14. The Labute approximate surface area is 548 Å².